The minimum atomic E-state index is -4.07. The number of aryl methyl sites for hydroxylation is 2. The van der Waals surface area contributed by atoms with Crippen molar-refractivity contribution in [1.82, 2.24) is 10.3 Å². The molecule has 0 radical (unpaired) electrons. The van der Waals surface area contributed by atoms with E-state index in [9.17, 15) is 13.2 Å². The van der Waals surface area contributed by atoms with Gasteiger partial charge < -0.3 is 9.73 Å². The van der Waals surface area contributed by atoms with E-state index < -0.39 is 12.6 Å². The highest BCUT2D eigenvalue weighted by Gasteiger charge is 2.25. The van der Waals surface area contributed by atoms with Gasteiger partial charge in [0.25, 0.3) is 0 Å². The van der Waals surface area contributed by atoms with Crippen molar-refractivity contribution < 1.29 is 17.6 Å². The molecule has 1 aromatic rings. The standard InChI is InChI=1S/C10H15F3N2O/c1-7-8(2)16-9(15-7)6-14-5-3-4-10(11,12)13/h14H,3-6H2,1-2H3. The highest BCUT2D eigenvalue weighted by atomic mass is 19.4. The highest BCUT2D eigenvalue weighted by molar-refractivity contribution is 5.04. The minimum absolute atomic E-state index is 0.0716. The summed E-state index contributed by atoms with van der Waals surface area (Å²) >= 11 is 0. The predicted molar refractivity (Wildman–Crippen MR) is 53.0 cm³/mol. The van der Waals surface area contributed by atoms with Gasteiger partial charge in [-0.05, 0) is 26.8 Å². The van der Waals surface area contributed by atoms with Gasteiger partial charge in [-0.25, -0.2) is 4.98 Å². The predicted octanol–water partition coefficient (Wildman–Crippen LogP) is 2.72. The van der Waals surface area contributed by atoms with E-state index in [1.807, 2.05) is 6.92 Å². The summed E-state index contributed by atoms with van der Waals surface area (Å²) in [5.41, 5.74) is 0.812. The molecule has 3 nitrogen and oxygen atoms in total. The largest absolute Gasteiger partial charge is 0.444 e. The number of oxazole rings is 1. The molecular formula is C10H15F3N2O. The lowest BCUT2D eigenvalue weighted by atomic mass is 10.3. The van der Waals surface area contributed by atoms with Gasteiger partial charge in [0.05, 0.1) is 12.2 Å². The second kappa shape index (κ2) is 5.34. The number of hydrogen-bond donors (Lipinski definition) is 1. The van der Waals surface area contributed by atoms with Crippen LogP contribution in [0.25, 0.3) is 0 Å². The number of hydrogen-bond acceptors (Lipinski definition) is 3. The van der Waals surface area contributed by atoms with E-state index in [-0.39, 0.29) is 6.42 Å². The maximum Gasteiger partial charge on any atom is 0.389 e. The molecule has 92 valence electrons. The molecule has 0 bridgehead atoms. The maximum absolute atomic E-state index is 11.8. The fourth-order valence-electron chi connectivity index (χ4n) is 1.22. The third-order valence-electron chi connectivity index (χ3n) is 2.16. The van der Waals surface area contributed by atoms with Crippen LogP contribution in [0.4, 0.5) is 13.2 Å². The van der Waals surface area contributed by atoms with Crippen molar-refractivity contribution in [2.75, 3.05) is 6.54 Å². The minimum Gasteiger partial charge on any atom is -0.444 e. The molecule has 0 spiro atoms. The zero-order chi connectivity index (χ0) is 12.2. The van der Waals surface area contributed by atoms with Crippen LogP contribution in [-0.4, -0.2) is 17.7 Å². The number of aromatic nitrogens is 1. The van der Waals surface area contributed by atoms with Gasteiger partial charge in [0, 0.05) is 6.42 Å². The Kier molecular flexibility index (Phi) is 4.35. The van der Waals surface area contributed by atoms with Crippen molar-refractivity contribution in [1.29, 1.82) is 0 Å². The summed E-state index contributed by atoms with van der Waals surface area (Å²) in [5, 5.41) is 2.86. The van der Waals surface area contributed by atoms with Crippen LogP contribution in [0.5, 0.6) is 0 Å². The molecule has 1 rings (SSSR count). The molecule has 6 heteroatoms. The van der Waals surface area contributed by atoms with E-state index in [4.69, 9.17) is 4.42 Å². The van der Waals surface area contributed by atoms with Gasteiger partial charge in [-0.3, -0.25) is 0 Å². The molecule has 0 aliphatic heterocycles. The topological polar surface area (TPSA) is 38.1 Å². The van der Waals surface area contributed by atoms with E-state index in [2.05, 4.69) is 10.3 Å². The molecule has 16 heavy (non-hydrogen) atoms. The molecule has 0 aliphatic rings. The number of halogens is 3. The molecule has 0 aliphatic carbocycles. The normalized spacial score (nSPS) is 12.1. The van der Waals surface area contributed by atoms with Crippen LogP contribution in [0.15, 0.2) is 4.42 Å². The zero-order valence-corrected chi connectivity index (χ0v) is 9.32. The van der Waals surface area contributed by atoms with Crippen LogP contribution in [0.1, 0.15) is 30.2 Å². The molecule has 0 fully saturated rings. The second-order valence-electron chi connectivity index (χ2n) is 3.64. The Labute approximate surface area is 92.0 Å². The maximum atomic E-state index is 11.8. The first kappa shape index (κ1) is 13.0. The Morgan fingerprint density at radius 2 is 2.00 bits per heavy atom. The summed E-state index contributed by atoms with van der Waals surface area (Å²) in [6, 6.07) is 0. The number of alkyl halides is 3. The lowest BCUT2D eigenvalue weighted by Gasteiger charge is -2.05. The van der Waals surface area contributed by atoms with Crippen molar-refractivity contribution in [3.63, 3.8) is 0 Å². The molecule has 0 amide bonds. The van der Waals surface area contributed by atoms with Crippen LogP contribution in [0.2, 0.25) is 0 Å². The fraction of sp³-hybridized carbons (Fsp3) is 0.700. The van der Waals surface area contributed by atoms with E-state index >= 15 is 0 Å². The summed E-state index contributed by atoms with van der Waals surface area (Å²) < 4.78 is 40.7. The number of rotatable bonds is 5. The summed E-state index contributed by atoms with van der Waals surface area (Å²) in [4.78, 5) is 4.11. The smallest absolute Gasteiger partial charge is 0.389 e. The molecular weight excluding hydrogens is 221 g/mol. The first-order valence-corrected chi connectivity index (χ1v) is 5.09. The van der Waals surface area contributed by atoms with Crippen LogP contribution in [0, 0.1) is 13.8 Å². The molecule has 0 atom stereocenters. The summed E-state index contributed by atoms with van der Waals surface area (Å²) in [6.07, 6.45) is -4.76. The highest BCUT2D eigenvalue weighted by Crippen LogP contribution is 2.20. The van der Waals surface area contributed by atoms with Crippen LogP contribution >= 0.6 is 0 Å². The first-order valence-electron chi connectivity index (χ1n) is 5.09. The third-order valence-corrected chi connectivity index (χ3v) is 2.16. The molecule has 1 aromatic heterocycles. The van der Waals surface area contributed by atoms with Gasteiger partial charge >= 0.3 is 6.18 Å². The van der Waals surface area contributed by atoms with Gasteiger partial charge in [-0.15, -0.1) is 0 Å². The van der Waals surface area contributed by atoms with Gasteiger partial charge in [0.1, 0.15) is 5.76 Å². The quantitative estimate of drug-likeness (QED) is 0.799. The van der Waals surface area contributed by atoms with Crippen LogP contribution in [0.3, 0.4) is 0 Å². The summed E-state index contributed by atoms with van der Waals surface area (Å²) in [7, 11) is 0. The van der Waals surface area contributed by atoms with Gasteiger partial charge in [-0.2, -0.15) is 13.2 Å². The van der Waals surface area contributed by atoms with E-state index in [0.29, 0.717) is 19.0 Å². The van der Waals surface area contributed by atoms with Crippen molar-refractivity contribution in [2.24, 2.45) is 0 Å². The molecule has 0 saturated carbocycles. The first-order chi connectivity index (χ1) is 7.38. The van der Waals surface area contributed by atoms with Crippen molar-refractivity contribution in [2.45, 2.75) is 39.4 Å². The van der Waals surface area contributed by atoms with E-state index in [1.54, 1.807) is 6.92 Å². The fourth-order valence-corrected chi connectivity index (χ4v) is 1.22. The summed E-state index contributed by atoms with van der Waals surface area (Å²) in [5.74, 6) is 1.26. The Morgan fingerprint density at radius 3 is 2.50 bits per heavy atom. The van der Waals surface area contributed by atoms with Crippen LogP contribution < -0.4 is 5.32 Å². The SMILES string of the molecule is Cc1nc(CNCCCC(F)(F)F)oc1C. The monoisotopic (exact) mass is 236 g/mol. The Balaban J connectivity index is 2.16. The van der Waals surface area contributed by atoms with Crippen molar-refractivity contribution in [3.05, 3.63) is 17.3 Å². The average Bonchev–Trinajstić information content (AvgIpc) is 2.44. The van der Waals surface area contributed by atoms with Gasteiger partial charge in [-0.1, -0.05) is 0 Å². The molecule has 0 saturated heterocycles. The Bertz CT molecular complexity index is 314. The summed E-state index contributed by atoms with van der Waals surface area (Å²) in [6.45, 7) is 4.30. The van der Waals surface area contributed by atoms with Gasteiger partial charge in [0.2, 0.25) is 5.89 Å². The molecule has 1 heterocycles. The van der Waals surface area contributed by atoms with E-state index in [0.717, 1.165) is 11.5 Å². The molecule has 0 aromatic carbocycles. The van der Waals surface area contributed by atoms with Crippen molar-refractivity contribution >= 4 is 0 Å². The van der Waals surface area contributed by atoms with E-state index in [1.165, 1.54) is 0 Å². The zero-order valence-electron chi connectivity index (χ0n) is 9.32. The van der Waals surface area contributed by atoms with Crippen LogP contribution in [-0.2, 0) is 6.54 Å². The Hall–Kier alpha value is -1.04. The molecule has 1 N–H and O–H groups in total. The lowest BCUT2D eigenvalue weighted by molar-refractivity contribution is -0.135. The second-order valence-corrected chi connectivity index (χ2v) is 3.64. The molecule has 0 unspecified atom stereocenters. The number of nitrogens with one attached hydrogen (secondary N) is 1. The third kappa shape index (κ3) is 4.65. The average molecular weight is 236 g/mol. The number of nitrogens with zero attached hydrogens (tertiary/aromatic N) is 1. The Morgan fingerprint density at radius 1 is 1.31 bits per heavy atom. The van der Waals surface area contributed by atoms with Gasteiger partial charge in [0.15, 0.2) is 0 Å². The lowest BCUT2D eigenvalue weighted by Crippen LogP contribution is -2.17. The van der Waals surface area contributed by atoms with Crippen molar-refractivity contribution in [3.8, 4) is 0 Å².